The number of phenols is 1. The van der Waals surface area contributed by atoms with Gasteiger partial charge in [-0.2, -0.15) is 0 Å². The molecule has 204 valence electrons. The smallest absolute Gasteiger partial charge is 0.303 e. The van der Waals surface area contributed by atoms with Gasteiger partial charge in [0.05, 0.1) is 23.4 Å². The van der Waals surface area contributed by atoms with E-state index in [1.807, 2.05) is 6.08 Å². The Balaban J connectivity index is 1.65. The van der Waals surface area contributed by atoms with Crippen LogP contribution in [0.3, 0.4) is 0 Å². The van der Waals surface area contributed by atoms with Crippen LogP contribution in [0.5, 0.6) is 11.5 Å². The van der Waals surface area contributed by atoms with E-state index in [-0.39, 0.29) is 67.1 Å². The van der Waals surface area contributed by atoms with Crippen LogP contribution < -0.4 is 4.74 Å². The SMILES string of the molecule is COc1cc([C@H]2C3=CC[C@@H]4C(=O)N(CCCC(=O)O)C(=O)[C@@H]4[C@@H]3CC3=C2C(=O)C(C)=CC3=O)c(Br)c(Br)c1O. The average molecular weight is 663 g/mol. The van der Waals surface area contributed by atoms with Crippen molar-refractivity contribution < 1.29 is 38.9 Å². The molecule has 0 spiro atoms. The highest BCUT2D eigenvalue weighted by Crippen LogP contribution is 2.57. The number of halogens is 2. The molecule has 39 heavy (non-hydrogen) atoms. The van der Waals surface area contributed by atoms with E-state index in [4.69, 9.17) is 9.84 Å². The van der Waals surface area contributed by atoms with Gasteiger partial charge in [0, 0.05) is 40.1 Å². The van der Waals surface area contributed by atoms with Gasteiger partial charge in [-0.3, -0.25) is 28.9 Å². The molecular formula is C28H25Br2NO8. The summed E-state index contributed by atoms with van der Waals surface area (Å²) in [4.78, 5) is 65.8. The molecular weight excluding hydrogens is 638 g/mol. The number of imide groups is 1. The Morgan fingerprint density at radius 2 is 1.85 bits per heavy atom. The highest BCUT2D eigenvalue weighted by atomic mass is 79.9. The van der Waals surface area contributed by atoms with Gasteiger partial charge in [0.1, 0.15) is 0 Å². The number of likely N-dealkylation sites (tertiary alicyclic amines) is 1. The molecule has 1 aromatic carbocycles. The molecule has 3 aliphatic carbocycles. The van der Waals surface area contributed by atoms with E-state index >= 15 is 0 Å². The zero-order valence-electron chi connectivity index (χ0n) is 21.1. The average Bonchev–Trinajstić information content (AvgIpc) is 3.14. The van der Waals surface area contributed by atoms with Crippen LogP contribution in [-0.2, 0) is 24.0 Å². The number of rotatable bonds is 6. The first-order valence-corrected chi connectivity index (χ1v) is 14.1. The molecule has 0 aromatic heterocycles. The Bertz CT molecular complexity index is 1460. The van der Waals surface area contributed by atoms with Crippen molar-refractivity contribution in [1.29, 1.82) is 0 Å². The third-order valence-electron chi connectivity index (χ3n) is 8.13. The zero-order valence-corrected chi connectivity index (χ0v) is 24.3. The van der Waals surface area contributed by atoms with Crippen LogP contribution in [0.4, 0.5) is 0 Å². The van der Waals surface area contributed by atoms with E-state index in [0.29, 0.717) is 31.2 Å². The minimum Gasteiger partial charge on any atom is -0.503 e. The summed E-state index contributed by atoms with van der Waals surface area (Å²) in [6.45, 7) is 1.61. The first-order chi connectivity index (χ1) is 18.5. The molecule has 2 amide bonds. The van der Waals surface area contributed by atoms with Crippen LogP contribution in [0.1, 0.15) is 44.1 Å². The molecule has 1 aliphatic heterocycles. The van der Waals surface area contributed by atoms with Gasteiger partial charge in [-0.15, -0.1) is 0 Å². The Hall–Kier alpha value is -3.05. The summed E-state index contributed by atoms with van der Waals surface area (Å²) in [6, 6.07) is 1.61. The predicted molar refractivity (Wildman–Crippen MR) is 145 cm³/mol. The number of Topliss-reactive ketones (excluding diaryl/α,β-unsaturated/α-hetero) is 1. The van der Waals surface area contributed by atoms with Gasteiger partial charge < -0.3 is 14.9 Å². The van der Waals surface area contributed by atoms with E-state index in [0.717, 1.165) is 10.5 Å². The summed E-state index contributed by atoms with van der Waals surface area (Å²) in [5.41, 5.74) is 2.30. The fraction of sp³-hybridized carbons (Fsp3) is 0.393. The van der Waals surface area contributed by atoms with Crippen molar-refractivity contribution in [2.45, 2.75) is 38.5 Å². The molecule has 0 radical (unpaired) electrons. The molecule has 4 aliphatic rings. The topological polar surface area (TPSA) is 138 Å². The highest BCUT2D eigenvalue weighted by Gasteiger charge is 2.56. The second kappa shape index (κ2) is 10.2. The number of ketones is 2. The first kappa shape index (κ1) is 27.5. The molecule has 0 saturated carbocycles. The number of carboxylic acids is 1. The van der Waals surface area contributed by atoms with Crippen molar-refractivity contribution in [2.75, 3.05) is 13.7 Å². The van der Waals surface area contributed by atoms with Gasteiger partial charge in [-0.25, -0.2) is 0 Å². The second-order valence-electron chi connectivity index (χ2n) is 10.2. The molecule has 0 bridgehead atoms. The fourth-order valence-electron chi connectivity index (χ4n) is 6.37. The molecule has 1 fully saturated rings. The summed E-state index contributed by atoms with van der Waals surface area (Å²) in [5, 5.41) is 19.5. The largest absolute Gasteiger partial charge is 0.503 e. The number of methoxy groups -OCH3 is 1. The summed E-state index contributed by atoms with van der Waals surface area (Å²) in [5.74, 6) is -4.83. The molecule has 1 saturated heterocycles. The molecule has 4 atom stereocenters. The summed E-state index contributed by atoms with van der Waals surface area (Å²) in [6.07, 6.45) is 3.63. The Morgan fingerprint density at radius 3 is 2.51 bits per heavy atom. The van der Waals surface area contributed by atoms with Crippen LogP contribution >= 0.6 is 31.9 Å². The Labute approximate surface area is 240 Å². The number of hydrogen-bond donors (Lipinski definition) is 2. The van der Waals surface area contributed by atoms with Gasteiger partial charge in [-0.1, -0.05) is 11.6 Å². The van der Waals surface area contributed by atoms with Gasteiger partial charge >= 0.3 is 5.97 Å². The lowest BCUT2D eigenvalue weighted by atomic mass is 9.59. The zero-order chi connectivity index (χ0) is 28.3. The lowest BCUT2D eigenvalue weighted by Crippen LogP contribution is -2.40. The number of benzene rings is 1. The van der Waals surface area contributed by atoms with Crippen LogP contribution in [0.15, 0.2) is 49.5 Å². The van der Waals surface area contributed by atoms with E-state index < -0.39 is 29.6 Å². The van der Waals surface area contributed by atoms with E-state index in [1.54, 1.807) is 13.0 Å². The van der Waals surface area contributed by atoms with Crippen LogP contribution in [0.25, 0.3) is 0 Å². The number of allylic oxidation sites excluding steroid dienone is 6. The predicted octanol–water partition coefficient (Wildman–Crippen LogP) is 4.22. The monoisotopic (exact) mass is 661 g/mol. The number of carbonyl (C=O) groups excluding carboxylic acids is 4. The highest BCUT2D eigenvalue weighted by molar-refractivity contribution is 9.13. The molecule has 1 aromatic rings. The normalized spacial score (nSPS) is 26.2. The molecule has 0 unspecified atom stereocenters. The van der Waals surface area contributed by atoms with Crippen molar-refractivity contribution in [3.05, 3.63) is 55.0 Å². The van der Waals surface area contributed by atoms with Gasteiger partial charge in [0.2, 0.25) is 11.8 Å². The van der Waals surface area contributed by atoms with Crippen LogP contribution in [0, 0.1) is 17.8 Å². The lowest BCUT2D eigenvalue weighted by molar-refractivity contribution is -0.142. The van der Waals surface area contributed by atoms with Gasteiger partial charge in [0.15, 0.2) is 23.1 Å². The summed E-state index contributed by atoms with van der Waals surface area (Å²) >= 11 is 6.93. The maximum absolute atomic E-state index is 13.6. The fourth-order valence-corrected chi connectivity index (χ4v) is 7.32. The van der Waals surface area contributed by atoms with Crippen LogP contribution in [0.2, 0.25) is 0 Å². The molecule has 2 N–H and O–H groups in total. The molecule has 1 heterocycles. The maximum atomic E-state index is 13.6. The number of hydrogen-bond acceptors (Lipinski definition) is 7. The second-order valence-corrected chi connectivity index (χ2v) is 11.8. The van der Waals surface area contributed by atoms with Crippen molar-refractivity contribution in [2.24, 2.45) is 17.8 Å². The Morgan fingerprint density at radius 1 is 1.13 bits per heavy atom. The molecule has 5 rings (SSSR count). The number of fused-ring (bicyclic) bond motifs is 3. The molecule has 11 heteroatoms. The van der Waals surface area contributed by atoms with E-state index in [1.165, 1.54) is 13.2 Å². The minimum atomic E-state index is -1.00. The number of nitrogens with zero attached hydrogens (tertiary/aromatic N) is 1. The number of amides is 2. The number of aromatic hydroxyl groups is 1. The van der Waals surface area contributed by atoms with Crippen molar-refractivity contribution >= 4 is 61.2 Å². The third-order valence-corrected chi connectivity index (χ3v) is 10.3. The van der Waals surface area contributed by atoms with Crippen LogP contribution in [-0.4, -0.2) is 58.1 Å². The number of aliphatic carboxylic acids is 1. The standard InChI is InChI=1S/C28H25Br2NO8/c1-11-8-17(32)15-9-14-12(5-6-13-21(14)28(38)31(27(13)37)7-3-4-19(33)34)20(22(15)25(11)35)16-10-18(39-2)26(36)24(30)23(16)29/h5,8,10,13-14,20-21,36H,3-4,6-7,9H2,1-2H3,(H,33,34)/t13-,14+,20+,21-/m0/s1. The van der Waals surface area contributed by atoms with Crippen molar-refractivity contribution in [1.82, 2.24) is 4.90 Å². The quantitative estimate of drug-likeness (QED) is 0.262. The van der Waals surface area contributed by atoms with Crippen molar-refractivity contribution in [3.8, 4) is 11.5 Å². The summed E-state index contributed by atoms with van der Waals surface area (Å²) < 4.78 is 6.16. The van der Waals surface area contributed by atoms with Gasteiger partial charge in [0.25, 0.3) is 0 Å². The molecule has 9 nitrogen and oxygen atoms in total. The lowest BCUT2D eigenvalue weighted by Gasteiger charge is -2.42. The van der Waals surface area contributed by atoms with E-state index in [2.05, 4.69) is 31.9 Å². The number of phenolic OH excluding ortho intramolecular Hbond substituents is 1. The maximum Gasteiger partial charge on any atom is 0.303 e. The first-order valence-electron chi connectivity index (χ1n) is 12.5. The third kappa shape index (κ3) is 4.30. The van der Waals surface area contributed by atoms with Crippen molar-refractivity contribution in [3.63, 3.8) is 0 Å². The van der Waals surface area contributed by atoms with E-state index in [9.17, 15) is 29.1 Å². The summed E-state index contributed by atoms with van der Waals surface area (Å²) in [7, 11) is 1.40. The van der Waals surface area contributed by atoms with Gasteiger partial charge in [-0.05, 0) is 81.7 Å². The number of carboxylic acid groups (broad SMARTS) is 1. The number of carbonyl (C=O) groups is 5. The Kier molecular flexibility index (Phi) is 7.17. The minimum absolute atomic E-state index is 0.0173. The number of ether oxygens (including phenoxy) is 1.